The second-order valence-corrected chi connectivity index (χ2v) is 5.64. The second kappa shape index (κ2) is 7.10. The maximum Gasteiger partial charge on any atom is 0.221 e. The zero-order valence-corrected chi connectivity index (χ0v) is 11.6. The Labute approximate surface area is 110 Å². The summed E-state index contributed by atoms with van der Waals surface area (Å²) in [5, 5.41) is 6.55. The van der Waals surface area contributed by atoms with Gasteiger partial charge in [-0.1, -0.05) is 6.92 Å². The molecule has 2 heterocycles. The molecule has 2 aliphatic heterocycles. The number of carbonyl (C=O) groups excluding carboxylic acids is 1. The van der Waals surface area contributed by atoms with Crippen LogP contribution in [0.5, 0.6) is 0 Å². The molecule has 0 aromatic rings. The van der Waals surface area contributed by atoms with E-state index >= 15 is 0 Å². The first-order valence-electron chi connectivity index (χ1n) is 7.53. The van der Waals surface area contributed by atoms with Crippen LogP contribution in [0.25, 0.3) is 0 Å². The number of nitrogens with one attached hydrogen (secondary N) is 2. The average molecular weight is 253 g/mol. The fraction of sp³-hybridized carbons (Fsp3) is 0.929. The molecule has 0 aromatic heterocycles. The molecular formula is C14H27N3O. The Morgan fingerprint density at radius 1 is 1.28 bits per heavy atom. The van der Waals surface area contributed by atoms with Gasteiger partial charge in [0, 0.05) is 31.6 Å². The van der Waals surface area contributed by atoms with E-state index in [1.807, 2.05) is 0 Å². The third kappa shape index (κ3) is 3.95. The Hall–Kier alpha value is -0.610. The molecule has 2 saturated heterocycles. The third-order valence-electron chi connectivity index (χ3n) is 4.10. The molecule has 1 amide bonds. The lowest BCUT2D eigenvalue weighted by Crippen LogP contribution is -2.44. The Balaban J connectivity index is 1.91. The Bertz CT molecular complexity index is 264. The summed E-state index contributed by atoms with van der Waals surface area (Å²) in [6.07, 6.45) is 6.73. The molecule has 0 bridgehead atoms. The van der Waals surface area contributed by atoms with Crippen molar-refractivity contribution in [2.45, 2.75) is 57.5 Å². The standard InChI is InChI=1S/C14H27N3O/c1-2-9-17(11-12-5-3-7-15-12)13-6-4-8-16-14(18)10-13/h12-13,15H,2-11H2,1H3,(H,16,18). The van der Waals surface area contributed by atoms with E-state index in [4.69, 9.17) is 0 Å². The molecule has 0 radical (unpaired) electrons. The molecule has 0 aliphatic carbocycles. The molecule has 2 aliphatic rings. The van der Waals surface area contributed by atoms with Gasteiger partial charge in [0.2, 0.25) is 5.91 Å². The van der Waals surface area contributed by atoms with Crippen LogP contribution in [-0.2, 0) is 4.79 Å². The van der Waals surface area contributed by atoms with E-state index in [2.05, 4.69) is 22.5 Å². The Kier molecular flexibility index (Phi) is 5.45. The molecule has 0 spiro atoms. The van der Waals surface area contributed by atoms with Gasteiger partial charge in [0.05, 0.1) is 0 Å². The summed E-state index contributed by atoms with van der Waals surface area (Å²) in [6.45, 7) is 6.49. The minimum Gasteiger partial charge on any atom is -0.356 e. The van der Waals surface area contributed by atoms with E-state index in [9.17, 15) is 4.79 Å². The van der Waals surface area contributed by atoms with Crippen molar-refractivity contribution in [1.29, 1.82) is 0 Å². The Morgan fingerprint density at radius 3 is 2.83 bits per heavy atom. The molecule has 4 nitrogen and oxygen atoms in total. The summed E-state index contributed by atoms with van der Waals surface area (Å²) in [5.74, 6) is 0.234. The van der Waals surface area contributed by atoms with Gasteiger partial charge in [-0.05, 0) is 45.2 Å². The molecule has 18 heavy (non-hydrogen) atoms. The fourth-order valence-corrected chi connectivity index (χ4v) is 3.17. The zero-order valence-electron chi connectivity index (χ0n) is 11.6. The van der Waals surface area contributed by atoms with Gasteiger partial charge in [-0.25, -0.2) is 0 Å². The van der Waals surface area contributed by atoms with Crippen LogP contribution in [-0.4, -0.2) is 49.1 Å². The van der Waals surface area contributed by atoms with E-state index in [-0.39, 0.29) is 5.91 Å². The van der Waals surface area contributed by atoms with Crippen LogP contribution >= 0.6 is 0 Å². The number of amides is 1. The minimum absolute atomic E-state index is 0.234. The fourth-order valence-electron chi connectivity index (χ4n) is 3.17. The molecule has 4 heteroatoms. The SMILES string of the molecule is CCCN(CC1CCCN1)C1CCCNC(=O)C1. The first-order chi connectivity index (χ1) is 8.79. The Morgan fingerprint density at radius 2 is 2.11 bits per heavy atom. The van der Waals surface area contributed by atoms with E-state index in [1.165, 1.54) is 19.3 Å². The molecule has 2 N–H and O–H groups in total. The van der Waals surface area contributed by atoms with Gasteiger partial charge in [0.25, 0.3) is 0 Å². The monoisotopic (exact) mass is 253 g/mol. The van der Waals surface area contributed by atoms with Crippen molar-refractivity contribution in [3.8, 4) is 0 Å². The van der Waals surface area contributed by atoms with Gasteiger partial charge >= 0.3 is 0 Å². The summed E-state index contributed by atoms with van der Waals surface area (Å²) in [7, 11) is 0. The zero-order chi connectivity index (χ0) is 12.8. The summed E-state index contributed by atoms with van der Waals surface area (Å²) in [5.41, 5.74) is 0. The minimum atomic E-state index is 0.234. The van der Waals surface area contributed by atoms with Crippen molar-refractivity contribution in [2.75, 3.05) is 26.2 Å². The van der Waals surface area contributed by atoms with Crippen molar-refractivity contribution in [3.05, 3.63) is 0 Å². The van der Waals surface area contributed by atoms with Gasteiger partial charge in [0.15, 0.2) is 0 Å². The van der Waals surface area contributed by atoms with Crippen LogP contribution in [0.2, 0.25) is 0 Å². The summed E-state index contributed by atoms with van der Waals surface area (Å²) in [4.78, 5) is 14.2. The predicted molar refractivity (Wildman–Crippen MR) is 73.5 cm³/mol. The first kappa shape index (κ1) is 13.8. The summed E-state index contributed by atoms with van der Waals surface area (Å²) < 4.78 is 0. The number of hydrogen-bond donors (Lipinski definition) is 2. The molecule has 2 atom stereocenters. The van der Waals surface area contributed by atoms with Gasteiger partial charge in [-0.15, -0.1) is 0 Å². The maximum absolute atomic E-state index is 11.7. The highest BCUT2D eigenvalue weighted by Crippen LogP contribution is 2.17. The van der Waals surface area contributed by atoms with Crippen LogP contribution in [0.4, 0.5) is 0 Å². The lowest BCUT2D eigenvalue weighted by Gasteiger charge is -2.32. The van der Waals surface area contributed by atoms with Crippen LogP contribution < -0.4 is 10.6 Å². The topological polar surface area (TPSA) is 44.4 Å². The lowest BCUT2D eigenvalue weighted by molar-refractivity contribution is -0.121. The average Bonchev–Trinajstić information content (AvgIpc) is 2.76. The van der Waals surface area contributed by atoms with Crippen molar-refractivity contribution in [3.63, 3.8) is 0 Å². The molecule has 2 rings (SSSR count). The first-order valence-corrected chi connectivity index (χ1v) is 7.53. The van der Waals surface area contributed by atoms with Gasteiger partial charge in [0.1, 0.15) is 0 Å². The smallest absolute Gasteiger partial charge is 0.221 e. The molecule has 2 unspecified atom stereocenters. The van der Waals surface area contributed by atoms with E-state index in [0.717, 1.165) is 39.0 Å². The maximum atomic E-state index is 11.7. The number of hydrogen-bond acceptors (Lipinski definition) is 3. The van der Waals surface area contributed by atoms with Crippen LogP contribution in [0.1, 0.15) is 45.4 Å². The highest BCUT2D eigenvalue weighted by Gasteiger charge is 2.26. The number of carbonyl (C=O) groups is 1. The van der Waals surface area contributed by atoms with Crippen LogP contribution in [0.15, 0.2) is 0 Å². The van der Waals surface area contributed by atoms with E-state index < -0.39 is 0 Å². The normalized spacial score (nSPS) is 29.3. The highest BCUT2D eigenvalue weighted by molar-refractivity contribution is 5.76. The van der Waals surface area contributed by atoms with E-state index in [0.29, 0.717) is 18.5 Å². The predicted octanol–water partition coefficient (Wildman–Crippen LogP) is 1.12. The quantitative estimate of drug-likeness (QED) is 0.772. The van der Waals surface area contributed by atoms with Crippen LogP contribution in [0.3, 0.4) is 0 Å². The van der Waals surface area contributed by atoms with Crippen molar-refractivity contribution < 1.29 is 4.79 Å². The van der Waals surface area contributed by atoms with E-state index in [1.54, 1.807) is 0 Å². The molecule has 104 valence electrons. The molecule has 0 aromatic carbocycles. The van der Waals surface area contributed by atoms with Crippen molar-refractivity contribution in [2.24, 2.45) is 0 Å². The molecular weight excluding hydrogens is 226 g/mol. The second-order valence-electron chi connectivity index (χ2n) is 5.64. The van der Waals surface area contributed by atoms with Crippen LogP contribution in [0, 0.1) is 0 Å². The summed E-state index contributed by atoms with van der Waals surface area (Å²) in [6, 6.07) is 1.10. The number of rotatable bonds is 5. The lowest BCUT2D eigenvalue weighted by atomic mass is 10.1. The highest BCUT2D eigenvalue weighted by atomic mass is 16.1. The largest absolute Gasteiger partial charge is 0.356 e. The van der Waals surface area contributed by atoms with Crippen molar-refractivity contribution in [1.82, 2.24) is 15.5 Å². The molecule has 0 saturated carbocycles. The van der Waals surface area contributed by atoms with Gasteiger partial charge in [-0.2, -0.15) is 0 Å². The van der Waals surface area contributed by atoms with Gasteiger partial charge in [-0.3, -0.25) is 9.69 Å². The van der Waals surface area contributed by atoms with Crippen molar-refractivity contribution >= 4 is 5.91 Å². The molecule has 2 fully saturated rings. The summed E-state index contributed by atoms with van der Waals surface area (Å²) >= 11 is 0. The third-order valence-corrected chi connectivity index (χ3v) is 4.10. The number of nitrogens with zero attached hydrogens (tertiary/aromatic N) is 1. The van der Waals surface area contributed by atoms with Gasteiger partial charge < -0.3 is 10.6 Å².